The summed E-state index contributed by atoms with van der Waals surface area (Å²) in [7, 11) is 1.73. The Hall–Kier alpha value is -1.79. The highest BCUT2D eigenvalue weighted by atomic mass is 35.5. The highest BCUT2D eigenvalue weighted by Gasteiger charge is 2.17. The third-order valence-corrected chi connectivity index (χ3v) is 3.46. The van der Waals surface area contributed by atoms with Crippen molar-refractivity contribution in [2.45, 2.75) is 32.7 Å². The summed E-state index contributed by atoms with van der Waals surface area (Å²) in [6, 6.07) is 7.55. The number of halogens is 1. The van der Waals surface area contributed by atoms with Gasteiger partial charge >= 0.3 is 5.97 Å². The Morgan fingerprint density at radius 1 is 1.29 bits per heavy atom. The molecule has 0 saturated heterocycles. The SMILES string of the molecule is CCOc1ccccc1C(CC)NC(=O)CN(C)CCC(=O)O.Cl. The van der Waals surface area contributed by atoms with Gasteiger partial charge in [-0.2, -0.15) is 0 Å². The first kappa shape index (κ1) is 22.2. The zero-order valence-electron chi connectivity index (χ0n) is 14.4. The lowest BCUT2D eigenvalue weighted by Gasteiger charge is -2.22. The van der Waals surface area contributed by atoms with Gasteiger partial charge in [0.15, 0.2) is 0 Å². The van der Waals surface area contributed by atoms with Crippen molar-refractivity contribution in [3.05, 3.63) is 29.8 Å². The molecule has 0 saturated carbocycles. The fraction of sp³-hybridized carbons (Fsp3) is 0.529. The number of hydrogen-bond acceptors (Lipinski definition) is 4. The van der Waals surface area contributed by atoms with E-state index < -0.39 is 5.97 Å². The van der Waals surface area contributed by atoms with E-state index >= 15 is 0 Å². The van der Waals surface area contributed by atoms with Crippen LogP contribution in [0.5, 0.6) is 5.75 Å². The Morgan fingerprint density at radius 2 is 1.96 bits per heavy atom. The number of ether oxygens (including phenoxy) is 1. The molecule has 0 aromatic heterocycles. The first-order valence-electron chi connectivity index (χ1n) is 7.89. The van der Waals surface area contributed by atoms with Crippen LogP contribution in [0, 0.1) is 0 Å². The molecule has 1 unspecified atom stereocenters. The third kappa shape index (κ3) is 7.66. The van der Waals surface area contributed by atoms with E-state index in [1.165, 1.54) is 0 Å². The fourth-order valence-corrected chi connectivity index (χ4v) is 2.31. The average molecular weight is 359 g/mol. The van der Waals surface area contributed by atoms with E-state index in [9.17, 15) is 9.59 Å². The maximum absolute atomic E-state index is 12.2. The summed E-state index contributed by atoms with van der Waals surface area (Å²) in [4.78, 5) is 24.4. The van der Waals surface area contributed by atoms with Crippen molar-refractivity contribution in [3.8, 4) is 5.75 Å². The molecule has 0 aliphatic carbocycles. The minimum Gasteiger partial charge on any atom is -0.494 e. The van der Waals surface area contributed by atoms with Crippen LogP contribution in [-0.2, 0) is 9.59 Å². The number of carboxylic acids is 1. The molecule has 1 atom stereocenters. The van der Waals surface area contributed by atoms with Crippen LogP contribution in [0.2, 0.25) is 0 Å². The molecule has 0 radical (unpaired) electrons. The summed E-state index contributed by atoms with van der Waals surface area (Å²) in [6.45, 7) is 5.00. The van der Waals surface area contributed by atoms with Gasteiger partial charge < -0.3 is 15.2 Å². The number of amides is 1. The van der Waals surface area contributed by atoms with E-state index in [0.29, 0.717) is 13.2 Å². The molecule has 0 spiro atoms. The number of benzene rings is 1. The van der Waals surface area contributed by atoms with Gasteiger partial charge in [0.2, 0.25) is 5.91 Å². The van der Waals surface area contributed by atoms with Crippen LogP contribution in [0.15, 0.2) is 24.3 Å². The monoisotopic (exact) mass is 358 g/mol. The maximum Gasteiger partial charge on any atom is 0.304 e. The summed E-state index contributed by atoms with van der Waals surface area (Å²) >= 11 is 0. The fourth-order valence-electron chi connectivity index (χ4n) is 2.31. The second kappa shape index (κ2) is 11.7. The zero-order chi connectivity index (χ0) is 17.2. The minimum atomic E-state index is -0.866. The molecule has 2 N–H and O–H groups in total. The normalized spacial score (nSPS) is 11.5. The topological polar surface area (TPSA) is 78.9 Å². The average Bonchev–Trinajstić information content (AvgIpc) is 2.51. The lowest BCUT2D eigenvalue weighted by molar-refractivity contribution is -0.137. The van der Waals surface area contributed by atoms with Crippen LogP contribution in [0.4, 0.5) is 0 Å². The van der Waals surface area contributed by atoms with Gasteiger partial charge in [-0.25, -0.2) is 0 Å². The molecular weight excluding hydrogens is 332 g/mol. The molecule has 1 aromatic rings. The summed E-state index contributed by atoms with van der Waals surface area (Å²) in [5.41, 5.74) is 0.957. The predicted molar refractivity (Wildman–Crippen MR) is 95.8 cm³/mol. The van der Waals surface area contributed by atoms with Crippen LogP contribution in [0.25, 0.3) is 0 Å². The molecule has 0 aliphatic heterocycles. The van der Waals surface area contributed by atoms with E-state index in [2.05, 4.69) is 5.32 Å². The summed E-state index contributed by atoms with van der Waals surface area (Å²) < 4.78 is 5.62. The molecular formula is C17H27ClN2O4. The van der Waals surface area contributed by atoms with Gasteiger partial charge in [0.1, 0.15) is 5.75 Å². The van der Waals surface area contributed by atoms with Crippen LogP contribution >= 0.6 is 12.4 Å². The maximum atomic E-state index is 12.2. The van der Waals surface area contributed by atoms with E-state index in [1.54, 1.807) is 11.9 Å². The van der Waals surface area contributed by atoms with Crippen molar-refractivity contribution < 1.29 is 19.4 Å². The van der Waals surface area contributed by atoms with E-state index in [4.69, 9.17) is 9.84 Å². The quantitative estimate of drug-likeness (QED) is 0.671. The lowest BCUT2D eigenvalue weighted by Crippen LogP contribution is -2.38. The second-order valence-electron chi connectivity index (χ2n) is 5.38. The Morgan fingerprint density at radius 3 is 2.54 bits per heavy atom. The summed E-state index contributed by atoms with van der Waals surface area (Å²) in [6.07, 6.45) is 0.767. The molecule has 6 nitrogen and oxygen atoms in total. The molecule has 0 heterocycles. The Bertz CT molecular complexity index is 525. The molecule has 1 rings (SSSR count). The largest absolute Gasteiger partial charge is 0.494 e. The molecule has 0 aliphatic rings. The first-order valence-corrected chi connectivity index (χ1v) is 7.89. The number of rotatable bonds is 10. The van der Waals surface area contributed by atoms with Crippen molar-refractivity contribution in [2.24, 2.45) is 0 Å². The Labute approximate surface area is 149 Å². The Kier molecular flexibility index (Phi) is 10.8. The summed E-state index contributed by atoms with van der Waals surface area (Å²) in [5.74, 6) is -0.216. The van der Waals surface area contributed by atoms with Gasteiger partial charge in [-0.15, -0.1) is 12.4 Å². The van der Waals surface area contributed by atoms with E-state index in [1.807, 2.05) is 38.1 Å². The van der Waals surface area contributed by atoms with Gasteiger partial charge in [0, 0.05) is 12.1 Å². The first-order chi connectivity index (χ1) is 11.0. The number of aliphatic carboxylic acids is 1. The van der Waals surface area contributed by atoms with Crippen molar-refractivity contribution in [3.63, 3.8) is 0 Å². The number of para-hydroxylation sites is 1. The number of hydrogen-bond donors (Lipinski definition) is 2. The van der Waals surface area contributed by atoms with E-state index in [0.717, 1.165) is 17.7 Å². The van der Waals surface area contributed by atoms with E-state index in [-0.39, 0.29) is 37.3 Å². The standard InChI is InChI=1S/C17H26N2O4.ClH/c1-4-14(13-8-6-7-9-15(13)23-5-2)18-16(20)12-19(3)11-10-17(21)22;/h6-9,14H,4-5,10-12H2,1-3H3,(H,18,20)(H,21,22);1H. The molecule has 136 valence electrons. The van der Waals surface area contributed by atoms with Crippen molar-refractivity contribution >= 4 is 24.3 Å². The van der Waals surface area contributed by atoms with Crippen LogP contribution in [0.3, 0.4) is 0 Å². The van der Waals surface area contributed by atoms with Crippen LogP contribution in [0.1, 0.15) is 38.3 Å². The smallest absolute Gasteiger partial charge is 0.304 e. The minimum absolute atomic E-state index is 0. The number of nitrogens with one attached hydrogen (secondary N) is 1. The lowest BCUT2D eigenvalue weighted by atomic mass is 10.0. The molecule has 24 heavy (non-hydrogen) atoms. The molecule has 1 aromatic carbocycles. The molecule has 7 heteroatoms. The van der Waals surface area contributed by atoms with Crippen molar-refractivity contribution in [1.82, 2.24) is 10.2 Å². The Balaban J connectivity index is 0.00000529. The molecule has 0 bridgehead atoms. The highest BCUT2D eigenvalue weighted by Crippen LogP contribution is 2.27. The van der Waals surface area contributed by atoms with Gasteiger partial charge in [-0.3, -0.25) is 14.5 Å². The molecule has 1 amide bonds. The summed E-state index contributed by atoms with van der Waals surface area (Å²) in [5, 5.41) is 11.7. The zero-order valence-corrected chi connectivity index (χ0v) is 15.3. The van der Waals surface area contributed by atoms with Crippen molar-refractivity contribution in [2.75, 3.05) is 26.7 Å². The molecule has 0 fully saturated rings. The predicted octanol–water partition coefficient (Wildman–Crippen LogP) is 2.48. The van der Waals surface area contributed by atoms with Gasteiger partial charge in [-0.1, -0.05) is 25.1 Å². The van der Waals surface area contributed by atoms with Crippen LogP contribution < -0.4 is 10.1 Å². The number of likely N-dealkylation sites (N-methyl/N-ethyl adjacent to an activating group) is 1. The number of carbonyl (C=O) groups excluding carboxylic acids is 1. The third-order valence-electron chi connectivity index (χ3n) is 3.46. The number of carbonyl (C=O) groups is 2. The number of nitrogens with zero attached hydrogens (tertiary/aromatic N) is 1. The van der Waals surface area contributed by atoms with Gasteiger partial charge in [0.25, 0.3) is 0 Å². The second-order valence-corrected chi connectivity index (χ2v) is 5.38. The van der Waals surface area contributed by atoms with Crippen molar-refractivity contribution in [1.29, 1.82) is 0 Å². The highest BCUT2D eigenvalue weighted by molar-refractivity contribution is 5.85. The van der Waals surface area contributed by atoms with Gasteiger partial charge in [-0.05, 0) is 26.5 Å². The number of carboxylic acid groups (broad SMARTS) is 1. The van der Waals surface area contributed by atoms with Gasteiger partial charge in [0.05, 0.1) is 25.6 Å². The van der Waals surface area contributed by atoms with Crippen LogP contribution in [-0.4, -0.2) is 48.6 Å².